The Balaban J connectivity index is 1.62. The van der Waals surface area contributed by atoms with E-state index in [1.807, 2.05) is 12.1 Å². The van der Waals surface area contributed by atoms with E-state index in [9.17, 15) is 4.79 Å². The standard InChI is InChI=1S/C20H13BrCl2O3/c21-14-6-4-13(5-7-14)19(24)11-10-15-8-9-16(26-15)12-25-20-17(22)2-1-3-18(20)23/h1-11H,12H2/b11-10+. The van der Waals surface area contributed by atoms with Gasteiger partial charge >= 0.3 is 0 Å². The number of carbonyl (C=O) groups excluding carboxylic acids is 1. The lowest BCUT2D eigenvalue weighted by Gasteiger charge is -2.07. The second-order valence-corrected chi connectivity index (χ2v) is 7.08. The van der Waals surface area contributed by atoms with Gasteiger partial charge in [0.1, 0.15) is 18.1 Å². The van der Waals surface area contributed by atoms with Crippen LogP contribution in [0.3, 0.4) is 0 Å². The molecule has 0 saturated carbocycles. The van der Waals surface area contributed by atoms with Crippen LogP contribution in [0.15, 0.2) is 69.6 Å². The molecule has 1 aromatic heterocycles. The van der Waals surface area contributed by atoms with Crippen LogP contribution >= 0.6 is 39.1 Å². The van der Waals surface area contributed by atoms with E-state index in [2.05, 4.69) is 15.9 Å². The first-order valence-electron chi connectivity index (χ1n) is 7.66. The Labute approximate surface area is 169 Å². The van der Waals surface area contributed by atoms with Gasteiger partial charge in [-0.2, -0.15) is 0 Å². The Morgan fingerprint density at radius 3 is 2.42 bits per heavy atom. The van der Waals surface area contributed by atoms with Crippen molar-refractivity contribution in [1.29, 1.82) is 0 Å². The minimum atomic E-state index is -0.102. The summed E-state index contributed by atoms with van der Waals surface area (Å²) in [5.74, 6) is 1.46. The topological polar surface area (TPSA) is 39.4 Å². The van der Waals surface area contributed by atoms with Crippen molar-refractivity contribution >= 4 is 51.0 Å². The molecule has 0 N–H and O–H groups in total. The maximum atomic E-state index is 12.1. The Kier molecular flexibility index (Phi) is 6.20. The molecule has 3 nitrogen and oxygen atoms in total. The highest BCUT2D eigenvalue weighted by Gasteiger charge is 2.08. The van der Waals surface area contributed by atoms with E-state index < -0.39 is 0 Å². The van der Waals surface area contributed by atoms with Gasteiger partial charge in [-0.05, 0) is 60.7 Å². The van der Waals surface area contributed by atoms with Crippen LogP contribution in [-0.4, -0.2) is 5.78 Å². The molecule has 6 heteroatoms. The average Bonchev–Trinajstić information content (AvgIpc) is 3.08. The number of ether oxygens (including phenoxy) is 1. The summed E-state index contributed by atoms with van der Waals surface area (Å²) in [6.07, 6.45) is 3.09. The van der Waals surface area contributed by atoms with Crippen molar-refractivity contribution in [1.82, 2.24) is 0 Å². The third-order valence-corrected chi connectivity index (χ3v) is 4.61. The number of halogens is 3. The van der Waals surface area contributed by atoms with Crippen LogP contribution in [0, 0.1) is 0 Å². The summed E-state index contributed by atoms with van der Waals surface area (Å²) in [5, 5.41) is 0.869. The molecule has 26 heavy (non-hydrogen) atoms. The molecular weight excluding hydrogens is 439 g/mol. The van der Waals surface area contributed by atoms with Crippen molar-refractivity contribution in [3.8, 4) is 5.75 Å². The molecule has 0 aliphatic rings. The molecule has 0 aliphatic carbocycles. The minimum Gasteiger partial charge on any atom is -0.483 e. The monoisotopic (exact) mass is 450 g/mol. The molecule has 0 radical (unpaired) electrons. The van der Waals surface area contributed by atoms with Gasteiger partial charge in [0.05, 0.1) is 10.0 Å². The third kappa shape index (κ3) is 4.79. The molecule has 0 atom stereocenters. The summed E-state index contributed by atoms with van der Waals surface area (Å²) in [4.78, 5) is 12.1. The Morgan fingerprint density at radius 1 is 1.04 bits per heavy atom. The fraction of sp³-hybridized carbons (Fsp3) is 0.0500. The van der Waals surface area contributed by atoms with Crippen molar-refractivity contribution < 1.29 is 13.9 Å². The summed E-state index contributed by atoms with van der Waals surface area (Å²) < 4.78 is 12.2. The highest BCUT2D eigenvalue weighted by molar-refractivity contribution is 9.10. The molecule has 0 fully saturated rings. The van der Waals surface area contributed by atoms with Crippen molar-refractivity contribution in [2.24, 2.45) is 0 Å². The lowest BCUT2D eigenvalue weighted by molar-refractivity contribution is 0.104. The Morgan fingerprint density at radius 2 is 1.73 bits per heavy atom. The first-order chi connectivity index (χ1) is 12.5. The number of para-hydroxylation sites is 1. The van der Waals surface area contributed by atoms with Gasteiger partial charge in [0, 0.05) is 10.0 Å². The van der Waals surface area contributed by atoms with E-state index in [1.165, 1.54) is 6.08 Å². The number of hydrogen-bond donors (Lipinski definition) is 0. The number of furan rings is 1. The molecular formula is C20H13BrCl2O3. The zero-order chi connectivity index (χ0) is 18.5. The third-order valence-electron chi connectivity index (χ3n) is 3.49. The maximum Gasteiger partial charge on any atom is 0.185 e. The van der Waals surface area contributed by atoms with Gasteiger partial charge < -0.3 is 9.15 Å². The highest BCUT2D eigenvalue weighted by atomic mass is 79.9. The summed E-state index contributed by atoms with van der Waals surface area (Å²) in [6, 6.07) is 15.8. The molecule has 0 bridgehead atoms. The van der Waals surface area contributed by atoms with Crippen molar-refractivity contribution in [3.05, 3.63) is 92.3 Å². The van der Waals surface area contributed by atoms with Gasteiger partial charge in [0.2, 0.25) is 0 Å². The normalized spacial score (nSPS) is 11.0. The maximum absolute atomic E-state index is 12.1. The predicted molar refractivity (Wildman–Crippen MR) is 107 cm³/mol. The van der Waals surface area contributed by atoms with Gasteiger partial charge in [-0.1, -0.05) is 45.2 Å². The zero-order valence-corrected chi connectivity index (χ0v) is 16.5. The Bertz CT molecular complexity index is 926. The van der Waals surface area contributed by atoms with Crippen LogP contribution in [-0.2, 0) is 6.61 Å². The number of hydrogen-bond acceptors (Lipinski definition) is 3. The number of carbonyl (C=O) groups is 1. The fourth-order valence-electron chi connectivity index (χ4n) is 2.19. The fourth-order valence-corrected chi connectivity index (χ4v) is 2.96. The SMILES string of the molecule is O=C(/C=C/c1ccc(COc2c(Cl)cccc2Cl)o1)c1ccc(Br)cc1. The van der Waals surface area contributed by atoms with E-state index in [1.54, 1.807) is 48.5 Å². The average molecular weight is 452 g/mol. The molecule has 1 heterocycles. The van der Waals surface area contributed by atoms with Gasteiger partial charge in [-0.3, -0.25) is 4.79 Å². The van der Waals surface area contributed by atoms with E-state index >= 15 is 0 Å². The van der Waals surface area contributed by atoms with Crippen LogP contribution in [0.25, 0.3) is 6.08 Å². The molecule has 3 rings (SSSR count). The van der Waals surface area contributed by atoms with E-state index in [4.69, 9.17) is 32.4 Å². The highest BCUT2D eigenvalue weighted by Crippen LogP contribution is 2.33. The number of benzene rings is 2. The lowest BCUT2D eigenvalue weighted by atomic mass is 10.1. The van der Waals surface area contributed by atoms with Crippen molar-refractivity contribution in [2.75, 3.05) is 0 Å². The summed E-state index contributed by atoms with van der Waals surface area (Å²) in [7, 11) is 0. The first-order valence-corrected chi connectivity index (χ1v) is 9.21. The smallest absolute Gasteiger partial charge is 0.185 e. The van der Waals surface area contributed by atoms with Crippen molar-refractivity contribution in [3.63, 3.8) is 0 Å². The van der Waals surface area contributed by atoms with Crippen LogP contribution in [0.2, 0.25) is 10.0 Å². The summed E-state index contributed by atoms with van der Waals surface area (Å²) in [5.41, 5.74) is 0.605. The van der Waals surface area contributed by atoms with Gasteiger partial charge in [0.15, 0.2) is 11.5 Å². The first kappa shape index (κ1) is 18.8. The molecule has 132 valence electrons. The quantitative estimate of drug-likeness (QED) is 0.304. The number of ketones is 1. The van der Waals surface area contributed by atoms with Crippen LogP contribution in [0.1, 0.15) is 21.9 Å². The molecule has 3 aromatic rings. The van der Waals surface area contributed by atoms with E-state index in [0.29, 0.717) is 32.9 Å². The zero-order valence-electron chi connectivity index (χ0n) is 13.4. The predicted octanol–water partition coefficient (Wildman–Crippen LogP) is 6.82. The minimum absolute atomic E-state index is 0.102. The molecule has 0 unspecified atom stereocenters. The van der Waals surface area contributed by atoms with Crippen LogP contribution in [0.4, 0.5) is 0 Å². The number of rotatable bonds is 6. The summed E-state index contributed by atoms with van der Waals surface area (Å²) >= 11 is 15.5. The molecule has 2 aromatic carbocycles. The van der Waals surface area contributed by atoms with Crippen LogP contribution < -0.4 is 4.74 Å². The summed E-state index contributed by atoms with van der Waals surface area (Å²) in [6.45, 7) is 0.179. The molecule has 0 saturated heterocycles. The van der Waals surface area contributed by atoms with Gasteiger partial charge in [-0.25, -0.2) is 0 Å². The van der Waals surface area contributed by atoms with Crippen molar-refractivity contribution in [2.45, 2.75) is 6.61 Å². The largest absolute Gasteiger partial charge is 0.483 e. The van der Waals surface area contributed by atoms with Gasteiger partial charge in [-0.15, -0.1) is 0 Å². The van der Waals surface area contributed by atoms with E-state index in [0.717, 1.165) is 4.47 Å². The van der Waals surface area contributed by atoms with Crippen LogP contribution in [0.5, 0.6) is 5.75 Å². The molecule has 0 spiro atoms. The lowest BCUT2D eigenvalue weighted by Crippen LogP contribution is -1.95. The molecule has 0 amide bonds. The van der Waals surface area contributed by atoms with E-state index in [-0.39, 0.29) is 12.4 Å². The second-order valence-electron chi connectivity index (χ2n) is 5.35. The Hall–Kier alpha value is -2.01. The van der Waals surface area contributed by atoms with Gasteiger partial charge in [0.25, 0.3) is 0 Å². The molecule has 0 aliphatic heterocycles. The second kappa shape index (κ2) is 8.58. The number of allylic oxidation sites excluding steroid dienone is 1.